The van der Waals surface area contributed by atoms with Crippen molar-refractivity contribution < 1.29 is 14.3 Å². The summed E-state index contributed by atoms with van der Waals surface area (Å²) < 4.78 is 5.50. The van der Waals surface area contributed by atoms with Crippen LogP contribution in [0.2, 0.25) is 0 Å². The minimum absolute atomic E-state index is 0.0210. The van der Waals surface area contributed by atoms with Crippen molar-refractivity contribution in [3.8, 4) is 0 Å². The van der Waals surface area contributed by atoms with Crippen molar-refractivity contribution in [2.24, 2.45) is 0 Å². The van der Waals surface area contributed by atoms with Crippen LogP contribution in [0.15, 0.2) is 10.5 Å². The van der Waals surface area contributed by atoms with E-state index in [-0.39, 0.29) is 18.6 Å². The number of aliphatic hydroxyl groups is 1. The van der Waals surface area contributed by atoms with E-state index >= 15 is 0 Å². The Labute approximate surface area is 120 Å². The minimum atomic E-state index is -0.0210. The highest BCUT2D eigenvalue weighted by Crippen LogP contribution is 2.18. The number of furan rings is 1. The summed E-state index contributed by atoms with van der Waals surface area (Å²) >= 11 is 0. The molecule has 2 rings (SSSR count). The van der Waals surface area contributed by atoms with Crippen LogP contribution in [-0.2, 0) is 0 Å². The molecule has 0 radical (unpaired) electrons. The van der Waals surface area contributed by atoms with Gasteiger partial charge < -0.3 is 14.4 Å². The molecule has 1 aromatic heterocycles. The van der Waals surface area contributed by atoms with Crippen molar-refractivity contribution in [1.29, 1.82) is 0 Å². The van der Waals surface area contributed by atoms with Crippen LogP contribution < -0.4 is 0 Å². The fourth-order valence-corrected chi connectivity index (χ4v) is 2.79. The Bertz CT molecular complexity index is 458. The average molecular weight is 280 g/mol. The van der Waals surface area contributed by atoms with Crippen LogP contribution in [0.1, 0.15) is 35.2 Å². The highest BCUT2D eigenvalue weighted by molar-refractivity contribution is 5.93. The summed E-state index contributed by atoms with van der Waals surface area (Å²) in [6.45, 7) is 9.01. The lowest BCUT2D eigenvalue weighted by molar-refractivity contribution is 0.0448. The first-order chi connectivity index (χ1) is 9.56. The molecule has 1 amide bonds. The maximum Gasteiger partial charge on any atom is 0.289 e. The number of nitrogens with zero attached hydrogens (tertiary/aromatic N) is 2. The van der Waals surface area contributed by atoms with Gasteiger partial charge in [-0.25, -0.2) is 0 Å². The van der Waals surface area contributed by atoms with Gasteiger partial charge in [0.05, 0.1) is 6.61 Å². The summed E-state index contributed by atoms with van der Waals surface area (Å²) in [7, 11) is 0. The van der Waals surface area contributed by atoms with E-state index < -0.39 is 0 Å². The van der Waals surface area contributed by atoms with Crippen LogP contribution >= 0.6 is 0 Å². The number of piperazine rings is 1. The molecule has 1 fully saturated rings. The number of hydrogen-bond donors (Lipinski definition) is 1. The molecule has 20 heavy (non-hydrogen) atoms. The number of carbonyl (C=O) groups excluding carboxylic acids is 1. The summed E-state index contributed by atoms with van der Waals surface area (Å²) in [4.78, 5) is 16.5. The molecule has 5 heteroatoms. The zero-order chi connectivity index (χ0) is 14.7. The Morgan fingerprint density at radius 2 is 2.00 bits per heavy atom. The van der Waals surface area contributed by atoms with Gasteiger partial charge in [-0.15, -0.1) is 0 Å². The Morgan fingerprint density at radius 3 is 2.45 bits per heavy atom. The molecule has 112 valence electrons. The average Bonchev–Trinajstić information content (AvgIpc) is 2.79. The van der Waals surface area contributed by atoms with Crippen molar-refractivity contribution in [2.45, 2.75) is 33.2 Å². The van der Waals surface area contributed by atoms with Crippen molar-refractivity contribution in [3.63, 3.8) is 0 Å². The molecule has 0 saturated carbocycles. The quantitative estimate of drug-likeness (QED) is 0.906. The first kappa shape index (κ1) is 15.1. The second-order valence-electron chi connectivity index (χ2n) is 5.44. The molecule has 1 aromatic rings. The molecular weight excluding hydrogens is 256 g/mol. The standard InChI is InChI=1S/C15H24N2O3/c1-4-13(10-18)16-5-7-17(8-6-16)15(19)14-11(2)9-12(3)20-14/h9,13,18H,4-8,10H2,1-3H3. The van der Waals surface area contributed by atoms with E-state index in [2.05, 4.69) is 11.8 Å². The van der Waals surface area contributed by atoms with Gasteiger partial charge in [0.25, 0.3) is 5.91 Å². The zero-order valence-electron chi connectivity index (χ0n) is 12.6. The summed E-state index contributed by atoms with van der Waals surface area (Å²) in [5.74, 6) is 1.22. The topological polar surface area (TPSA) is 56.9 Å². The number of rotatable bonds is 4. The molecule has 2 heterocycles. The lowest BCUT2D eigenvalue weighted by Crippen LogP contribution is -2.52. The summed E-state index contributed by atoms with van der Waals surface area (Å²) in [5.41, 5.74) is 0.900. The van der Waals surface area contributed by atoms with Gasteiger partial charge in [-0.2, -0.15) is 0 Å². The third-order valence-electron chi connectivity index (χ3n) is 4.04. The molecule has 0 bridgehead atoms. The number of aryl methyl sites for hydroxylation is 2. The normalized spacial score (nSPS) is 18.3. The maximum atomic E-state index is 12.4. The molecule has 0 spiro atoms. The van der Waals surface area contributed by atoms with Gasteiger partial charge in [0, 0.05) is 37.8 Å². The molecule has 5 nitrogen and oxygen atoms in total. The monoisotopic (exact) mass is 280 g/mol. The maximum absolute atomic E-state index is 12.4. The van der Waals surface area contributed by atoms with Crippen LogP contribution in [0.5, 0.6) is 0 Å². The number of amides is 1. The van der Waals surface area contributed by atoms with Gasteiger partial charge in [0.15, 0.2) is 5.76 Å². The van der Waals surface area contributed by atoms with E-state index in [1.165, 1.54) is 0 Å². The second kappa shape index (κ2) is 6.41. The molecule has 0 aliphatic carbocycles. The summed E-state index contributed by atoms with van der Waals surface area (Å²) in [5, 5.41) is 9.33. The smallest absolute Gasteiger partial charge is 0.289 e. The largest absolute Gasteiger partial charge is 0.456 e. The van der Waals surface area contributed by atoms with Gasteiger partial charge in [0.2, 0.25) is 0 Å². The molecule has 1 saturated heterocycles. The van der Waals surface area contributed by atoms with Gasteiger partial charge >= 0.3 is 0 Å². The first-order valence-electron chi connectivity index (χ1n) is 7.28. The molecule has 1 aliphatic rings. The molecule has 0 aromatic carbocycles. The zero-order valence-corrected chi connectivity index (χ0v) is 12.6. The predicted molar refractivity (Wildman–Crippen MR) is 76.8 cm³/mol. The van der Waals surface area contributed by atoms with Gasteiger partial charge in [0.1, 0.15) is 5.76 Å². The minimum Gasteiger partial charge on any atom is -0.456 e. The summed E-state index contributed by atoms with van der Waals surface area (Å²) in [6.07, 6.45) is 0.931. The van der Waals surface area contributed by atoms with E-state index in [1.807, 2.05) is 24.8 Å². The highest BCUT2D eigenvalue weighted by Gasteiger charge is 2.27. The Balaban J connectivity index is 1.97. The number of carbonyl (C=O) groups is 1. The summed E-state index contributed by atoms with van der Waals surface area (Å²) in [6, 6.07) is 2.10. The Morgan fingerprint density at radius 1 is 1.35 bits per heavy atom. The van der Waals surface area contributed by atoms with Crippen LogP contribution in [0, 0.1) is 13.8 Å². The molecule has 1 atom stereocenters. The van der Waals surface area contributed by atoms with Crippen molar-refractivity contribution in [1.82, 2.24) is 9.80 Å². The third kappa shape index (κ3) is 3.04. The highest BCUT2D eigenvalue weighted by atomic mass is 16.4. The fraction of sp³-hybridized carbons (Fsp3) is 0.667. The lowest BCUT2D eigenvalue weighted by Gasteiger charge is -2.38. The SMILES string of the molecule is CCC(CO)N1CCN(C(=O)c2oc(C)cc2C)CC1. The second-order valence-corrected chi connectivity index (χ2v) is 5.44. The van der Waals surface area contributed by atoms with Crippen molar-refractivity contribution in [2.75, 3.05) is 32.8 Å². The van der Waals surface area contributed by atoms with E-state index in [1.54, 1.807) is 0 Å². The van der Waals surface area contributed by atoms with Gasteiger partial charge in [-0.05, 0) is 26.3 Å². The van der Waals surface area contributed by atoms with Crippen LogP contribution in [0.4, 0.5) is 0 Å². The lowest BCUT2D eigenvalue weighted by atomic mass is 10.1. The Hall–Kier alpha value is -1.33. The predicted octanol–water partition coefficient (Wildman–Crippen LogP) is 1.43. The molecule has 1 N–H and O–H groups in total. The van der Waals surface area contributed by atoms with E-state index in [0.29, 0.717) is 18.8 Å². The van der Waals surface area contributed by atoms with Crippen LogP contribution in [-0.4, -0.2) is 59.6 Å². The van der Waals surface area contributed by atoms with E-state index in [4.69, 9.17) is 4.42 Å². The number of aliphatic hydroxyl groups excluding tert-OH is 1. The van der Waals surface area contributed by atoms with Crippen molar-refractivity contribution in [3.05, 3.63) is 23.2 Å². The van der Waals surface area contributed by atoms with Gasteiger partial charge in [-0.3, -0.25) is 9.69 Å². The molecule has 1 unspecified atom stereocenters. The van der Waals surface area contributed by atoms with E-state index in [0.717, 1.165) is 30.8 Å². The fourth-order valence-electron chi connectivity index (χ4n) is 2.79. The third-order valence-corrected chi connectivity index (χ3v) is 4.04. The molecular formula is C15H24N2O3. The first-order valence-corrected chi connectivity index (χ1v) is 7.28. The Kier molecular flexibility index (Phi) is 4.83. The van der Waals surface area contributed by atoms with Crippen LogP contribution in [0.3, 0.4) is 0 Å². The van der Waals surface area contributed by atoms with E-state index in [9.17, 15) is 9.90 Å². The van der Waals surface area contributed by atoms with Gasteiger partial charge in [-0.1, -0.05) is 6.92 Å². The molecule has 1 aliphatic heterocycles. The van der Waals surface area contributed by atoms with Crippen LogP contribution in [0.25, 0.3) is 0 Å². The van der Waals surface area contributed by atoms with Crippen molar-refractivity contribution >= 4 is 5.91 Å². The number of hydrogen-bond acceptors (Lipinski definition) is 4.